The number of carbonyl (C=O) groups excluding carboxylic acids is 1. The molecule has 5 nitrogen and oxygen atoms in total. The third kappa shape index (κ3) is 4.29. The van der Waals surface area contributed by atoms with Gasteiger partial charge >= 0.3 is 0 Å². The fourth-order valence-corrected chi connectivity index (χ4v) is 3.12. The standard InChI is InChI=1S/C12H15BrN2O3S/c1-19(17,18)15(11-6-7-11)8-12(16)14-10-4-2-9(13)3-5-10/h2-5,11H,6-8H2,1H3,(H,14,16). The molecule has 0 aromatic heterocycles. The molecule has 0 unspecified atom stereocenters. The Morgan fingerprint density at radius 3 is 2.42 bits per heavy atom. The number of nitrogens with zero attached hydrogens (tertiary/aromatic N) is 1. The van der Waals surface area contributed by atoms with Gasteiger partial charge < -0.3 is 5.32 Å². The fourth-order valence-electron chi connectivity index (χ4n) is 1.75. The van der Waals surface area contributed by atoms with Gasteiger partial charge in [0, 0.05) is 16.2 Å². The van der Waals surface area contributed by atoms with E-state index in [4.69, 9.17) is 0 Å². The average molecular weight is 347 g/mol. The van der Waals surface area contributed by atoms with Crippen molar-refractivity contribution < 1.29 is 13.2 Å². The van der Waals surface area contributed by atoms with Crippen LogP contribution >= 0.6 is 15.9 Å². The molecular formula is C12H15BrN2O3S. The molecule has 0 atom stereocenters. The summed E-state index contributed by atoms with van der Waals surface area (Å²) in [5.41, 5.74) is 0.650. The molecule has 1 aromatic carbocycles. The first-order valence-corrected chi connectivity index (χ1v) is 8.52. The zero-order valence-electron chi connectivity index (χ0n) is 10.5. The quantitative estimate of drug-likeness (QED) is 0.884. The lowest BCUT2D eigenvalue weighted by Gasteiger charge is -2.18. The van der Waals surface area contributed by atoms with Gasteiger partial charge in [0.2, 0.25) is 15.9 Å². The van der Waals surface area contributed by atoms with Crippen molar-refractivity contribution in [2.24, 2.45) is 0 Å². The highest BCUT2D eigenvalue weighted by atomic mass is 79.9. The van der Waals surface area contributed by atoms with Gasteiger partial charge in [-0.1, -0.05) is 15.9 Å². The molecule has 19 heavy (non-hydrogen) atoms. The van der Waals surface area contributed by atoms with E-state index in [2.05, 4.69) is 21.2 Å². The van der Waals surface area contributed by atoms with Gasteiger partial charge in [-0.15, -0.1) is 0 Å². The maximum Gasteiger partial charge on any atom is 0.239 e. The van der Waals surface area contributed by atoms with Crippen LogP contribution in [0.2, 0.25) is 0 Å². The van der Waals surface area contributed by atoms with Crippen molar-refractivity contribution in [3.63, 3.8) is 0 Å². The largest absolute Gasteiger partial charge is 0.325 e. The van der Waals surface area contributed by atoms with E-state index in [9.17, 15) is 13.2 Å². The van der Waals surface area contributed by atoms with E-state index in [1.807, 2.05) is 12.1 Å². The monoisotopic (exact) mass is 346 g/mol. The Balaban J connectivity index is 1.98. The summed E-state index contributed by atoms with van der Waals surface area (Å²) in [5, 5.41) is 2.69. The average Bonchev–Trinajstić information content (AvgIpc) is 3.11. The van der Waals surface area contributed by atoms with Crippen LogP contribution in [-0.2, 0) is 14.8 Å². The molecule has 104 valence electrons. The summed E-state index contributed by atoms with van der Waals surface area (Å²) in [4.78, 5) is 11.9. The Morgan fingerprint density at radius 2 is 1.95 bits per heavy atom. The number of hydrogen-bond acceptors (Lipinski definition) is 3. The van der Waals surface area contributed by atoms with Crippen LogP contribution in [0, 0.1) is 0 Å². The predicted molar refractivity (Wildman–Crippen MR) is 77.3 cm³/mol. The number of sulfonamides is 1. The van der Waals surface area contributed by atoms with Crippen molar-refractivity contribution in [2.75, 3.05) is 18.1 Å². The van der Waals surface area contributed by atoms with Crippen molar-refractivity contribution in [2.45, 2.75) is 18.9 Å². The summed E-state index contributed by atoms with van der Waals surface area (Å²) < 4.78 is 25.4. The van der Waals surface area contributed by atoms with E-state index in [1.165, 1.54) is 4.31 Å². The Kier molecular flexibility index (Phi) is 4.27. The van der Waals surface area contributed by atoms with E-state index in [1.54, 1.807) is 12.1 Å². The van der Waals surface area contributed by atoms with Crippen LogP contribution < -0.4 is 5.32 Å². The molecule has 1 saturated carbocycles. The maximum atomic E-state index is 11.9. The lowest BCUT2D eigenvalue weighted by Crippen LogP contribution is -2.38. The van der Waals surface area contributed by atoms with Gasteiger partial charge in [0.25, 0.3) is 0 Å². The van der Waals surface area contributed by atoms with Crippen LogP contribution in [0.15, 0.2) is 28.7 Å². The molecule has 1 aromatic rings. The summed E-state index contributed by atoms with van der Waals surface area (Å²) in [5.74, 6) is -0.320. The van der Waals surface area contributed by atoms with Crippen LogP contribution in [0.5, 0.6) is 0 Å². The maximum absolute atomic E-state index is 11.9. The number of benzene rings is 1. The Bertz CT molecular complexity index is 567. The molecule has 0 spiro atoms. The highest BCUT2D eigenvalue weighted by molar-refractivity contribution is 9.10. The van der Waals surface area contributed by atoms with E-state index in [0.29, 0.717) is 5.69 Å². The molecular weight excluding hydrogens is 332 g/mol. The first-order valence-electron chi connectivity index (χ1n) is 5.88. The number of rotatable bonds is 5. The molecule has 1 fully saturated rings. The Hall–Kier alpha value is -0.920. The smallest absolute Gasteiger partial charge is 0.239 e. The van der Waals surface area contributed by atoms with E-state index in [0.717, 1.165) is 23.6 Å². The highest BCUT2D eigenvalue weighted by Crippen LogP contribution is 2.28. The van der Waals surface area contributed by atoms with Gasteiger partial charge in [-0.3, -0.25) is 4.79 Å². The third-order valence-electron chi connectivity index (χ3n) is 2.81. The first kappa shape index (κ1) is 14.5. The van der Waals surface area contributed by atoms with Crippen LogP contribution in [0.25, 0.3) is 0 Å². The minimum Gasteiger partial charge on any atom is -0.325 e. The van der Waals surface area contributed by atoms with Crippen LogP contribution in [0.1, 0.15) is 12.8 Å². The number of hydrogen-bond donors (Lipinski definition) is 1. The van der Waals surface area contributed by atoms with Gasteiger partial charge in [-0.05, 0) is 37.1 Å². The van der Waals surface area contributed by atoms with E-state index in [-0.39, 0.29) is 18.5 Å². The summed E-state index contributed by atoms with van der Waals surface area (Å²) in [6.07, 6.45) is 2.80. The van der Waals surface area contributed by atoms with E-state index >= 15 is 0 Å². The topological polar surface area (TPSA) is 66.5 Å². The molecule has 7 heteroatoms. The minimum absolute atomic E-state index is 0.00864. The number of carbonyl (C=O) groups is 1. The predicted octanol–water partition coefficient (Wildman–Crippen LogP) is 1.81. The van der Waals surface area contributed by atoms with Crippen molar-refractivity contribution in [3.8, 4) is 0 Å². The Labute approximate surface area is 121 Å². The second-order valence-electron chi connectivity index (χ2n) is 4.59. The van der Waals surface area contributed by atoms with Gasteiger partial charge in [0.05, 0.1) is 12.8 Å². The minimum atomic E-state index is -3.33. The third-order valence-corrected chi connectivity index (χ3v) is 4.62. The normalized spacial score (nSPS) is 15.5. The number of anilines is 1. The Morgan fingerprint density at radius 1 is 1.37 bits per heavy atom. The van der Waals surface area contributed by atoms with Gasteiger partial charge in [0.15, 0.2) is 0 Å². The van der Waals surface area contributed by atoms with Gasteiger partial charge in [-0.25, -0.2) is 8.42 Å². The lowest BCUT2D eigenvalue weighted by molar-refractivity contribution is -0.116. The molecule has 2 rings (SSSR count). The molecule has 0 bridgehead atoms. The lowest BCUT2D eigenvalue weighted by atomic mass is 10.3. The fraction of sp³-hybridized carbons (Fsp3) is 0.417. The summed E-state index contributed by atoms with van der Waals surface area (Å²) in [6.45, 7) is -0.125. The van der Waals surface area contributed by atoms with E-state index < -0.39 is 10.0 Å². The zero-order valence-corrected chi connectivity index (χ0v) is 12.9. The highest BCUT2D eigenvalue weighted by Gasteiger charge is 2.36. The first-order chi connectivity index (χ1) is 8.86. The molecule has 1 aliphatic rings. The van der Waals surface area contributed by atoms with Crippen molar-refractivity contribution >= 4 is 37.5 Å². The van der Waals surface area contributed by atoms with Crippen molar-refractivity contribution in [1.82, 2.24) is 4.31 Å². The number of halogens is 1. The molecule has 1 amide bonds. The molecule has 0 saturated heterocycles. The summed E-state index contributed by atoms with van der Waals surface area (Å²) in [7, 11) is -3.33. The SMILES string of the molecule is CS(=O)(=O)N(CC(=O)Nc1ccc(Br)cc1)C1CC1. The van der Waals surface area contributed by atoms with Crippen LogP contribution in [0.3, 0.4) is 0 Å². The van der Waals surface area contributed by atoms with Crippen LogP contribution in [-0.4, -0.2) is 37.5 Å². The molecule has 0 aliphatic heterocycles. The molecule has 0 radical (unpaired) electrons. The second-order valence-corrected chi connectivity index (χ2v) is 7.45. The second kappa shape index (κ2) is 5.60. The number of nitrogens with one attached hydrogen (secondary N) is 1. The van der Waals surface area contributed by atoms with Gasteiger partial charge in [-0.2, -0.15) is 4.31 Å². The summed E-state index contributed by atoms with van der Waals surface area (Å²) in [6, 6.07) is 7.12. The molecule has 1 aliphatic carbocycles. The summed E-state index contributed by atoms with van der Waals surface area (Å²) >= 11 is 3.31. The number of amides is 1. The van der Waals surface area contributed by atoms with Crippen molar-refractivity contribution in [3.05, 3.63) is 28.7 Å². The zero-order chi connectivity index (χ0) is 14.0. The molecule has 1 N–H and O–H groups in total. The molecule has 0 heterocycles. The van der Waals surface area contributed by atoms with Crippen molar-refractivity contribution in [1.29, 1.82) is 0 Å². The van der Waals surface area contributed by atoms with Crippen LogP contribution in [0.4, 0.5) is 5.69 Å². The van der Waals surface area contributed by atoms with Gasteiger partial charge in [0.1, 0.15) is 0 Å².